The summed E-state index contributed by atoms with van der Waals surface area (Å²) in [4.78, 5) is 29.5. The van der Waals surface area contributed by atoms with Crippen LogP contribution in [0.4, 0.5) is 14.6 Å². The molecule has 34 heavy (non-hydrogen) atoms. The molecule has 6 nitrogen and oxygen atoms in total. The van der Waals surface area contributed by atoms with Crippen molar-refractivity contribution < 1.29 is 18.4 Å². The van der Waals surface area contributed by atoms with Gasteiger partial charge in [-0.2, -0.15) is 0 Å². The highest BCUT2D eigenvalue weighted by Crippen LogP contribution is 2.19. The van der Waals surface area contributed by atoms with Crippen molar-refractivity contribution in [3.05, 3.63) is 59.3 Å². The Bertz CT molecular complexity index is 938. The standard InChI is InChI=1S/C26H36F2N4O2/c1-6-7-22(31-24(33)14-18-12-20(27)15-21(28)13-18)25(34)32-23-9-8-19(16-30-23)17(2)29-11-10-26(3,4)5/h8-9,12-13,15-17,22,29H,6-7,10-11,14H2,1-5H3,(H,31,33)(H,30,32,34). The van der Waals surface area contributed by atoms with E-state index in [4.69, 9.17) is 0 Å². The van der Waals surface area contributed by atoms with Gasteiger partial charge in [0.2, 0.25) is 11.8 Å². The van der Waals surface area contributed by atoms with Crippen molar-refractivity contribution >= 4 is 17.6 Å². The van der Waals surface area contributed by atoms with Crippen LogP contribution in [0.5, 0.6) is 0 Å². The van der Waals surface area contributed by atoms with Crippen LogP contribution in [0.2, 0.25) is 0 Å². The lowest BCUT2D eigenvalue weighted by atomic mass is 9.92. The molecule has 0 saturated heterocycles. The molecule has 2 atom stereocenters. The number of hydrogen-bond donors (Lipinski definition) is 3. The van der Waals surface area contributed by atoms with Crippen LogP contribution in [0.3, 0.4) is 0 Å². The summed E-state index contributed by atoms with van der Waals surface area (Å²) < 4.78 is 26.7. The molecule has 2 unspecified atom stereocenters. The molecule has 0 bridgehead atoms. The number of carbonyl (C=O) groups excluding carboxylic acids is 2. The summed E-state index contributed by atoms with van der Waals surface area (Å²) in [5.41, 5.74) is 1.47. The lowest BCUT2D eigenvalue weighted by molar-refractivity contribution is -0.126. The van der Waals surface area contributed by atoms with E-state index in [2.05, 4.69) is 48.6 Å². The largest absolute Gasteiger partial charge is 0.344 e. The molecular formula is C26H36F2N4O2. The fourth-order valence-electron chi connectivity index (χ4n) is 3.43. The molecule has 0 aliphatic heterocycles. The smallest absolute Gasteiger partial charge is 0.248 e. The van der Waals surface area contributed by atoms with E-state index in [-0.39, 0.29) is 23.4 Å². The zero-order valence-corrected chi connectivity index (χ0v) is 20.7. The molecule has 0 aliphatic carbocycles. The molecule has 1 heterocycles. The third-order valence-electron chi connectivity index (χ3n) is 5.38. The Balaban J connectivity index is 1.93. The molecule has 0 fully saturated rings. The minimum atomic E-state index is -0.782. The van der Waals surface area contributed by atoms with Crippen LogP contribution in [-0.4, -0.2) is 29.4 Å². The lowest BCUT2D eigenvalue weighted by Gasteiger charge is -2.21. The van der Waals surface area contributed by atoms with Gasteiger partial charge in [0.05, 0.1) is 6.42 Å². The number of benzene rings is 1. The Morgan fingerprint density at radius 2 is 1.76 bits per heavy atom. The minimum Gasteiger partial charge on any atom is -0.344 e. The number of amides is 2. The number of hydrogen-bond acceptors (Lipinski definition) is 4. The maximum Gasteiger partial charge on any atom is 0.248 e. The van der Waals surface area contributed by atoms with Gasteiger partial charge in [0.15, 0.2) is 0 Å². The molecule has 2 aromatic rings. The van der Waals surface area contributed by atoms with Crippen molar-refractivity contribution in [2.45, 2.75) is 72.4 Å². The molecule has 186 valence electrons. The quantitative estimate of drug-likeness (QED) is 0.432. The molecular weight excluding hydrogens is 438 g/mol. The van der Waals surface area contributed by atoms with Crippen LogP contribution in [0.1, 0.15) is 71.0 Å². The van der Waals surface area contributed by atoms with Crippen molar-refractivity contribution in [2.24, 2.45) is 5.41 Å². The second-order valence-corrected chi connectivity index (χ2v) is 9.82. The van der Waals surface area contributed by atoms with Crippen LogP contribution in [0, 0.1) is 17.0 Å². The molecule has 2 amide bonds. The summed E-state index contributed by atoms with van der Waals surface area (Å²) in [6.07, 6.45) is 3.63. The monoisotopic (exact) mass is 474 g/mol. The maximum atomic E-state index is 13.4. The SMILES string of the molecule is CCCC(NC(=O)Cc1cc(F)cc(F)c1)C(=O)Nc1ccc(C(C)NCCC(C)(C)C)cn1. The highest BCUT2D eigenvalue weighted by molar-refractivity contribution is 5.96. The van der Waals surface area contributed by atoms with E-state index in [1.807, 2.05) is 13.0 Å². The molecule has 3 N–H and O–H groups in total. The van der Waals surface area contributed by atoms with E-state index >= 15 is 0 Å². The number of nitrogens with one attached hydrogen (secondary N) is 3. The molecule has 0 radical (unpaired) electrons. The molecule has 1 aromatic heterocycles. The van der Waals surface area contributed by atoms with Crippen molar-refractivity contribution in [2.75, 3.05) is 11.9 Å². The summed E-state index contributed by atoms with van der Waals surface area (Å²) in [6, 6.07) is 5.92. The second kappa shape index (κ2) is 12.6. The Morgan fingerprint density at radius 3 is 2.32 bits per heavy atom. The van der Waals surface area contributed by atoms with E-state index in [0.717, 1.165) is 36.7 Å². The van der Waals surface area contributed by atoms with Gasteiger partial charge in [0.25, 0.3) is 0 Å². The molecule has 0 saturated carbocycles. The number of carbonyl (C=O) groups is 2. The fourth-order valence-corrected chi connectivity index (χ4v) is 3.43. The Hall–Kier alpha value is -2.87. The van der Waals surface area contributed by atoms with Crippen LogP contribution in [0.15, 0.2) is 36.5 Å². The maximum absolute atomic E-state index is 13.4. The summed E-state index contributed by atoms with van der Waals surface area (Å²) in [6.45, 7) is 11.5. The van der Waals surface area contributed by atoms with Gasteiger partial charge >= 0.3 is 0 Å². The minimum absolute atomic E-state index is 0.124. The topological polar surface area (TPSA) is 83.1 Å². The van der Waals surface area contributed by atoms with Crippen LogP contribution in [-0.2, 0) is 16.0 Å². The van der Waals surface area contributed by atoms with Crippen LogP contribution >= 0.6 is 0 Å². The third-order valence-corrected chi connectivity index (χ3v) is 5.38. The van der Waals surface area contributed by atoms with Crippen molar-refractivity contribution in [1.29, 1.82) is 0 Å². The first-order chi connectivity index (χ1) is 16.0. The fraction of sp³-hybridized carbons (Fsp3) is 0.500. The highest BCUT2D eigenvalue weighted by atomic mass is 19.1. The van der Waals surface area contributed by atoms with Crippen molar-refractivity contribution in [3.63, 3.8) is 0 Å². The summed E-state index contributed by atoms with van der Waals surface area (Å²) in [5.74, 6) is -2.00. The first-order valence-corrected chi connectivity index (χ1v) is 11.7. The van der Waals surface area contributed by atoms with Gasteiger partial charge in [-0.05, 0) is 61.1 Å². The van der Waals surface area contributed by atoms with Crippen molar-refractivity contribution in [1.82, 2.24) is 15.6 Å². The second-order valence-electron chi connectivity index (χ2n) is 9.82. The Labute approximate surface area is 200 Å². The van der Waals surface area contributed by atoms with Gasteiger partial charge in [-0.15, -0.1) is 0 Å². The molecule has 8 heteroatoms. The number of pyridine rings is 1. The lowest BCUT2D eigenvalue weighted by Crippen LogP contribution is -2.44. The number of nitrogens with zero attached hydrogens (tertiary/aromatic N) is 1. The van der Waals surface area contributed by atoms with Gasteiger partial charge in [0, 0.05) is 18.3 Å². The van der Waals surface area contributed by atoms with Crippen LogP contribution in [0.25, 0.3) is 0 Å². The van der Waals surface area contributed by atoms with E-state index in [0.29, 0.717) is 18.7 Å². The van der Waals surface area contributed by atoms with E-state index in [1.54, 1.807) is 12.3 Å². The van der Waals surface area contributed by atoms with E-state index < -0.39 is 29.5 Å². The normalized spacial score (nSPS) is 13.3. The van der Waals surface area contributed by atoms with Crippen molar-refractivity contribution in [3.8, 4) is 0 Å². The Morgan fingerprint density at radius 1 is 1.09 bits per heavy atom. The first kappa shape index (κ1) is 27.4. The Kier molecular flexibility index (Phi) is 10.1. The summed E-state index contributed by atoms with van der Waals surface area (Å²) in [5, 5.41) is 8.87. The van der Waals surface area contributed by atoms with Crippen LogP contribution < -0.4 is 16.0 Å². The first-order valence-electron chi connectivity index (χ1n) is 11.7. The highest BCUT2D eigenvalue weighted by Gasteiger charge is 2.21. The number of rotatable bonds is 11. The van der Waals surface area contributed by atoms with Gasteiger partial charge < -0.3 is 16.0 Å². The number of halogens is 2. The van der Waals surface area contributed by atoms with Gasteiger partial charge in [-0.3, -0.25) is 9.59 Å². The molecule has 1 aromatic carbocycles. The van der Waals surface area contributed by atoms with Gasteiger partial charge in [0.1, 0.15) is 23.5 Å². The predicted molar refractivity (Wildman–Crippen MR) is 130 cm³/mol. The molecule has 0 spiro atoms. The summed E-state index contributed by atoms with van der Waals surface area (Å²) >= 11 is 0. The third kappa shape index (κ3) is 9.55. The zero-order valence-electron chi connectivity index (χ0n) is 20.7. The number of aromatic nitrogens is 1. The molecule has 0 aliphatic rings. The molecule has 2 rings (SSSR count). The average molecular weight is 475 g/mol. The predicted octanol–water partition coefficient (Wildman–Crippen LogP) is 4.91. The average Bonchev–Trinajstić information content (AvgIpc) is 2.72. The zero-order chi connectivity index (χ0) is 25.3. The number of anilines is 1. The van der Waals surface area contributed by atoms with Gasteiger partial charge in [-0.25, -0.2) is 13.8 Å². The van der Waals surface area contributed by atoms with E-state index in [9.17, 15) is 18.4 Å². The summed E-state index contributed by atoms with van der Waals surface area (Å²) in [7, 11) is 0. The van der Waals surface area contributed by atoms with E-state index in [1.165, 1.54) is 0 Å². The van der Waals surface area contributed by atoms with Gasteiger partial charge in [-0.1, -0.05) is 40.2 Å².